The standard InChI is InChI=1S/C22H28BN4O.C21H28BN4O.C20H24BN4O2.C20H26BN4O/c1-22-8-12-6-13(9-22)18(14(7-12)10-22)20(27-26-15-2-3-15)19-16-4-5-24-21(16)25-11-17(19)23-28;1-3-25-26-19(18-15-4-5-23-20(15)24-11-16(18)22-27)17-13-6-12-7-14(17)10-21(2,8-12)9-13;1-20-6-11-4-12(7-20)16(13(5-11)8-20)18(25-24-10-26)17-14-2-3-22-19(14)23-9-15(17)21-27;1-20-7-11-5-12(8-20)16(13(6-11)9-20)18(25-22-2)17-14-3-4-23-19(14)24-10-15(17)21-26/h4-5,11-15,18,26,28H,2-3,6-10H2,1H3,(H,24,25);4-5,11-14,17,25,27H,3,6-10H2,1-2H3,(H,23,24);2-3,9-13,16,27H,4-8H2,1H3,(H,22,23)(H,24,26);3-4,10-13,16,22,26H,5-9H2,1-2H3,(H,23,24)/b27-20-;26-19-;2*25-18-. The summed E-state index contributed by atoms with van der Waals surface area (Å²) >= 11 is 0. The molecule has 8 atom stereocenters. The van der Waals surface area contributed by atoms with Crippen LogP contribution in [-0.4, -0.2) is 139 Å². The van der Waals surface area contributed by atoms with Crippen LogP contribution in [-0.2, 0) is 4.79 Å². The zero-order chi connectivity index (χ0) is 74.0. The highest BCUT2D eigenvalue weighted by Gasteiger charge is 2.59. The highest BCUT2D eigenvalue weighted by atomic mass is 16.2. The van der Waals surface area contributed by atoms with Crippen molar-refractivity contribution in [1.82, 2.24) is 61.6 Å². The van der Waals surface area contributed by atoms with E-state index in [2.05, 4.69) is 113 Å². The molecule has 17 fully saturated rings. The van der Waals surface area contributed by atoms with Crippen molar-refractivity contribution in [3.63, 3.8) is 0 Å². The van der Waals surface area contributed by atoms with Crippen molar-refractivity contribution in [3.8, 4) is 0 Å². The Balaban J connectivity index is 0.000000102. The van der Waals surface area contributed by atoms with Gasteiger partial charge >= 0.3 is 29.9 Å². The predicted octanol–water partition coefficient (Wildman–Crippen LogP) is 9.19. The Labute approximate surface area is 636 Å². The van der Waals surface area contributed by atoms with E-state index in [1.807, 2.05) is 44.0 Å². The Kier molecular flexibility index (Phi) is 19.1. The summed E-state index contributed by atoms with van der Waals surface area (Å²) < 4.78 is 0. The van der Waals surface area contributed by atoms with E-state index >= 15 is 0 Å². The number of hydrogen-bond donors (Lipinski definition) is 12. The van der Waals surface area contributed by atoms with Crippen LogP contribution in [0.5, 0.6) is 0 Å². The number of carbonyl (C=O) groups excluding carboxylic acids is 1. The number of H-pyrrole nitrogens is 4. The van der Waals surface area contributed by atoms with Gasteiger partial charge in [-0.3, -0.25) is 4.79 Å². The molecule has 17 aliphatic rings. The van der Waals surface area contributed by atoms with Crippen LogP contribution in [0, 0.1) is 116 Å². The van der Waals surface area contributed by atoms with E-state index in [4.69, 9.17) is 15.3 Å². The summed E-state index contributed by atoms with van der Waals surface area (Å²) in [6.45, 7) is 12.8. The van der Waals surface area contributed by atoms with Gasteiger partial charge in [-0.2, -0.15) is 20.4 Å². The molecule has 0 saturated heterocycles. The van der Waals surface area contributed by atoms with Crippen LogP contribution in [0.4, 0.5) is 0 Å². The third-order valence-corrected chi connectivity index (χ3v) is 29.4. The normalized spacial score (nSPS) is 35.6. The average Bonchev–Trinajstić information content (AvgIpc) is 0.906. The van der Waals surface area contributed by atoms with Crippen molar-refractivity contribution >= 4 is 125 Å². The summed E-state index contributed by atoms with van der Waals surface area (Å²) in [6, 6.07) is 8.68. The lowest BCUT2D eigenvalue weighted by atomic mass is 9.45. The van der Waals surface area contributed by atoms with Crippen molar-refractivity contribution in [2.24, 2.45) is 137 Å². The van der Waals surface area contributed by atoms with Gasteiger partial charge in [0, 0.05) is 137 Å². The highest BCUT2D eigenvalue weighted by molar-refractivity contribution is 6.51. The fraction of sp³-hybridized carbons (Fsp3) is 0.602. The molecule has 1 amide bonds. The quantitative estimate of drug-likeness (QED) is 0.0156. The molecule has 108 heavy (non-hydrogen) atoms. The minimum absolute atomic E-state index is 0.307. The maximum atomic E-state index is 11.1. The third-order valence-electron chi connectivity index (χ3n) is 29.4. The van der Waals surface area contributed by atoms with Crippen LogP contribution in [0.2, 0.25) is 0 Å². The van der Waals surface area contributed by atoms with Gasteiger partial charge in [-0.15, -0.1) is 0 Å². The second-order valence-electron chi connectivity index (χ2n) is 37.4. The van der Waals surface area contributed by atoms with Gasteiger partial charge in [0.15, 0.2) is 0 Å². The molecular weight excluding hydrogens is 1340 g/mol. The molecule has 8 heterocycles. The first-order valence-electron chi connectivity index (χ1n) is 40.9. The molecule has 17 aliphatic carbocycles. The maximum Gasteiger partial charge on any atom is 0.329 e. The first-order valence-corrected chi connectivity index (χ1v) is 40.9. The molecule has 8 aromatic rings. The second kappa shape index (κ2) is 28.6. The predicted molar refractivity (Wildman–Crippen MR) is 430 cm³/mol. The largest absolute Gasteiger partial charge is 0.450 e. The van der Waals surface area contributed by atoms with Crippen molar-refractivity contribution in [2.75, 3.05) is 13.6 Å². The summed E-state index contributed by atoms with van der Waals surface area (Å²) in [6.07, 6.45) is 44.1. The molecule has 8 unspecified atom stereocenters. The first-order chi connectivity index (χ1) is 52.5. The number of fused-ring (bicyclic) bond motifs is 4. The average molecular weight is 1450 g/mol. The van der Waals surface area contributed by atoms with Crippen LogP contribution in [0.1, 0.15) is 198 Å². The van der Waals surface area contributed by atoms with E-state index in [9.17, 15) is 24.9 Å². The van der Waals surface area contributed by atoms with Crippen LogP contribution in [0.15, 0.2) is 94.2 Å². The number of hydrazone groups is 4. The molecule has 4 radical (unpaired) electrons. The number of rotatable bonds is 19. The maximum absolute atomic E-state index is 11.1. The van der Waals surface area contributed by atoms with Crippen LogP contribution in [0.25, 0.3) is 44.1 Å². The summed E-state index contributed by atoms with van der Waals surface area (Å²) in [5.41, 5.74) is 29.0. The second-order valence-corrected chi connectivity index (χ2v) is 37.4. The van der Waals surface area contributed by atoms with E-state index in [0.29, 0.717) is 111 Å². The summed E-state index contributed by atoms with van der Waals surface area (Å²) in [5, 5.41) is 63.1. The van der Waals surface area contributed by atoms with Gasteiger partial charge in [0.05, 0.1) is 22.8 Å². The lowest BCUT2D eigenvalue weighted by Gasteiger charge is -2.59. The van der Waals surface area contributed by atoms with E-state index in [-0.39, 0.29) is 0 Å². The van der Waals surface area contributed by atoms with Gasteiger partial charge in [0.2, 0.25) is 6.41 Å². The van der Waals surface area contributed by atoms with E-state index in [1.54, 1.807) is 24.8 Å². The highest BCUT2D eigenvalue weighted by Crippen LogP contribution is 2.67. The summed E-state index contributed by atoms with van der Waals surface area (Å²) in [4.78, 5) is 41.6. The monoisotopic (exact) mass is 1450 g/mol. The molecule has 8 aromatic heterocycles. The fourth-order valence-corrected chi connectivity index (χ4v) is 27.1. The number of aromatic nitrogens is 8. The number of aromatic amines is 4. The van der Waals surface area contributed by atoms with Gasteiger partial charge in [0.1, 0.15) is 22.6 Å². The van der Waals surface area contributed by atoms with Crippen molar-refractivity contribution in [3.05, 3.63) is 96.1 Å². The Hall–Kier alpha value is -7.59. The topological polar surface area (TPSA) is 310 Å². The van der Waals surface area contributed by atoms with E-state index in [1.165, 1.54) is 164 Å². The Morgan fingerprint density at radius 3 is 0.963 bits per heavy atom. The molecule has 17 saturated carbocycles. The summed E-state index contributed by atoms with van der Waals surface area (Å²) in [5.74, 6) is 10.7. The van der Waals surface area contributed by atoms with Crippen LogP contribution in [0.3, 0.4) is 0 Å². The minimum Gasteiger partial charge on any atom is -0.450 e. The Morgan fingerprint density at radius 2 is 0.713 bits per heavy atom. The van der Waals surface area contributed by atoms with Gasteiger partial charge in [-0.1, -0.05) is 27.7 Å². The molecule has 25 heteroatoms. The van der Waals surface area contributed by atoms with E-state index in [0.717, 1.165) is 143 Å². The molecule has 21 nitrogen and oxygen atoms in total. The molecule has 560 valence electrons. The van der Waals surface area contributed by atoms with Crippen molar-refractivity contribution in [2.45, 2.75) is 182 Å². The SMILES string of the molecule is CC12CC3CC(C1)C(/C(=N/NC1CC1)c1c([B]O)cnc4[nH]ccc14)C(C3)C2.CC12CC3CC(C1)C(/C(=N/NC=O)c1c([B]O)cnc4[nH]ccc14)C(C3)C2.CCN/N=C(\c1c([B]O)cnc2[nH]ccc12)C1C2CC3CC1CC(C)(C3)C2.CN/N=C(\c1c([B]O)cnc2[nH]ccc12)C1C2CC3CC1CC(C)(C3)C2. The van der Waals surface area contributed by atoms with Gasteiger partial charge in [0.25, 0.3) is 0 Å². The lowest BCUT2D eigenvalue weighted by molar-refractivity contribution is -0.109. The van der Waals surface area contributed by atoms with Gasteiger partial charge in [-0.25, -0.2) is 25.4 Å². The van der Waals surface area contributed by atoms with Crippen molar-refractivity contribution in [1.29, 1.82) is 0 Å². The number of hydrogen-bond acceptors (Lipinski definition) is 16. The van der Waals surface area contributed by atoms with Crippen LogP contribution < -0.4 is 43.6 Å². The number of pyridine rings is 4. The fourth-order valence-electron chi connectivity index (χ4n) is 27.1. The first kappa shape index (κ1) is 72.0. The third kappa shape index (κ3) is 13.1. The lowest BCUT2D eigenvalue weighted by Crippen LogP contribution is -2.53. The Bertz CT molecular complexity index is 4760. The zero-order valence-electron chi connectivity index (χ0n) is 63.7. The molecular formula is C83H106B4N16O5. The number of nitrogens with zero attached hydrogens (tertiary/aromatic N) is 8. The summed E-state index contributed by atoms with van der Waals surface area (Å²) in [7, 11) is 6.54. The molecule has 12 N–H and O–H groups in total. The molecule has 16 bridgehead atoms. The van der Waals surface area contributed by atoms with Crippen molar-refractivity contribution < 1.29 is 24.9 Å². The number of nitrogens with one attached hydrogen (secondary N) is 8. The number of amides is 1. The minimum atomic E-state index is 0.307. The smallest absolute Gasteiger partial charge is 0.329 e. The van der Waals surface area contributed by atoms with Gasteiger partial charge < -0.3 is 56.3 Å². The Morgan fingerprint density at radius 1 is 0.435 bits per heavy atom. The van der Waals surface area contributed by atoms with Crippen LogP contribution >= 0.6 is 0 Å². The van der Waals surface area contributed by atoms with Gasteiger partial charge in [-0.05, 0) is 287 Å². The molecule has 0 spiro atoms. The number of carbonyl (C=O) groups is 1. The zero-order valence-corrected chi connectivity index (χ0v) is 63.7. The molecule has 0 aliphatic heterocycles. The molecule has 25 rings (SSSR count). The van der Waals surface area contributed by atoms with E-state index < -0.39 is 0 Å². The molecule has 0 aromatic carbocycles.